The van der Waals surface area contributed by atoms with Gasteiger partial charge in [-0.3, -0.25) is 0 Å². The van der Waals surface area contributed by atoms with Crippen LogP contribution in [0.1, 0.15) is 13.3 Å². The van der Waals surface area contributed by atoms with Gasteiger partial charge in [0.2, 0.25) is 0 Å². The summed E-state index contributed by atoms with van der Waals surface area (Å²) in [5.41, 5.74) is 6.51. The molecule has 0 aliphatic rings. The Bertz CT molecular complexity index is 503. The van der Waals surface area contributed by atoms with Crippen LogP contribution in [0, 0.1) is 0 Å². The van der Waals surface area contributed by atoms with Crippen molar-refractivity contribution in [1.82, 2.24) is 0 Å². The highest BCUT2D eigenvalue weighted by molar-refractivity contribution is 7.91. The summed E-state index contributed by atoms with van der Waals surface area (Å²) in [6.45, 7) is 3.47. The molecular formula is C14H24N2O3S. The predicted molar refractivity (Wildman–Crippen MR) is 83.2 cm³/mol. The smallest absolute Gasteiger partial charge is 0.151 e. The summed E-state index contributed by atoms with van der Waals surface area (Å²) in [5, 5.41) is 0. The van der Waals surface area contributed by atoms with Gasteiger partial charge in [-0.05, 0) is 25.1 Å². The third kappa shape index (κ3) is 5.38. The molecule has 1 aromatic rings. The van der Waals surface area contributed by atoms with Crippen molar-refractivity contribution in [3.05, 3.63) is 24.3 Å². The number of rotatable bonds is 9. The van der Waals surface area contributed by atoms with E-state index in [1.807, 2.05) is 29.2 Å². The average molecular weight is 300 g/mol. The zero-order chi connectivity index (χ0) is 15.0. The van der Waals surface area contributed by atoms with E-state index in [-0.39, 0.29) is 11.5 Å². The number of hydrogen-bond acceptors (Lipinski definition) is 5. The second-order valence-electron chi connectivity index (χ2n) is 4.57. The predicted octanol–water partition coefficient (Wildman–Crippen LogP) is 1.29. The minimum absolute atomic E-state index is 0.158. The second-order valence-corrected chi connectivity index (χ2v) is 7.04. The van der Waals surface area contributed by atoms with E-state index in [1.165, 1.54) is 0 Å². The van der Waals surface area contributed by atoms with Crippen molar-refractivity contribution in [3.8, 4) is 5.75 Å². The number of benzene rings is 1. The minimum Gasteiger partial charge on any atom is -0.497 e. The van der Waals surface area contributed by atoms with Crippen LogP contribution in [0.25, 0.3) is 0 Å². The Morgan fingerprint density at radius 1 is 1.30 bits per heavy atom. The van der Waals surface area contributed by atoms with E-state index >= 15 is 0 Å². The highest BCUT2D eigenvalue weighted by atomic mass is 32.2. The van der Waals surface area contributed by atoms with Gasteiger partial charge in [-0.25, -0.2) is 8.42 Å². The molecule has 1 rings (SSSR count). The third-order valence-electron chi connectivity index (χ3n) is 3.16. The molecule has 0 amide bonds. The number of nitrogens with zero attached hydrogens (tertiary/aromatic N) is 1. The molecular weight excluding hydrogens is 276 g/mol. The maximum Gasteiger partial charge on any atom is 0.151 e. The van der Waals surface area contributed by atoms with Gasteiger partial charge in [-0.2, -0.15) is 0 Å². The average Bonchev–Trinajstić information content (AvgIpc) is 2.47. The molecule has 20 heavy (non-hydrogen) atoms. The molecule has 0 unspecified atom stereocenters. The minimum atomic E-state index is -2.97. The molecule has 0 bridgehead atoms. The van der Waals surface area contributed by atoms with Gasteiger partial charge in [0.15, 0.2) is 9.84 Å². The van der Waals surface area contributed by atoms with Gasteiger partial charge in [0.05, 0.1) is 12.9 Å². The molecule has 2 N–H and O–H groups in total. The molecule has 0 aromatic heterocycles. The molecule has 0 saturated carbocycles. The van der Waals surface area contributed by atoms with Crippen LogP contribution in [0.4, 0.5) is 5.69 Å². The highest BCUT2D eigenvalue weighted by Gasteiger charge is 2.13. The van der Waals surface area contributed by atoms with Crippen LogP contribution in [0.5, 0.6) is 5.75 Å². The molecule has 5 nitrogen and oxygen atoms in total. The SMILES string of the molecule is CCS(=O)(=O)CCN(CCCN)c1cccc(OC)c1. The molecule has 0 radical (unpaired) electrons. The molecule has 114 valence electrons. The first-order valence-electron chi connectivity index (χ1n) is 6.82. The van der Waals surface area contributed by atoms with Crippen LogP contribution in [0.15, 0.2) is 24.3 Å². The van der Waals surface area contributed by atoms with Crippen molar-refractivity contribution in [2.75, 3.05) is 43.1 Å². The van der Waals surface area contributed by atoms with Crippen molar-refractivity contribution in [2.24, 2.45) is 5.73 Å². The van der Waals surface area contributed by atoms with E-state index in [2.05, 4.69) is 0 Å². The summed E-state index contributed by atoms with van der Waals surface area (Å²) in [7, 11) is -1.35. The summed E-state index contributed by atoms with van der Waals surface area (Å²) >= 11 is 0. The van der Waals surface area contributed by atoms with Crippen LogP contribution >= 0.6 is 0 Å². The van der Waals surface area contributed by atoms with E-state index < -0.39 is 9.84 Å². The van der Waals surface area contributed by atoms with Crippen molar-refractivity contribution in [1.29, 1.82) is 0 Å². The van der Waals surface area contributed by atoms with Crippen LogP contribution in [0.2, 0.25) is 0 Å². The van der Waals surface area contributed by atoms with Gasteiger partial charge >= 0.3 is 0 Å². The Hall–Kier alpha value is -1.27. The van der Waals surface area contributed by atoms with Crippen LogP contribution < -0.4 is 15.4 Å². The standard InChI is InChI=1S/C14H24N2O3S/c1-3-20(17,18)11-10-16(9-5-8-15)13-6-4-7-14(12-13)19-2/h4,6-7,12H,3,5,8-11,15H2,1-2H3. The summed E-state index contributed by atoms with van der Waals surface area (Å²) in [6.07, 6.45) is 0.823. The van der Waals surface area contributed by atoms with Crippen molar-refractivity contribution >= 4 is 15.5 Å². The molecule has 6 heteroatoms. The van der Waals surface area contributed by atoms with E-state index in [0.29, 0.717) is 13.1 Å². The zero-order valence-electron chi connectivity index (χ0n) is 12.2. The topological polar surface area (TPSA) is 72.6 Å². The van der Waals surface area contributed by atoms with Gasteiger partial charge in [0.1, 0.15) is 5.75 Å². The number of anilines is 1. The van der Waals surface area contributed by atoms with Gasteiger partial charge in [-0.1, -0.05) is 13.0 Å². The summed E-state index contributed by atoms with van der Waals surface area (Å²) in [5.74, 6) is 1.10. The first-order valence-corrected chi connectivity index (χ1v) is 8.64. The number of methoxy groups -OCH3 is 1. The van der Waals surface area contributed by atoms with E-state index in [1.54, 1.807) is 14.0 Å². The lowest BCUT2D eigenvalue weighted by Gasteiger charge is -2.25. The number of sulfone groups is 1. The third-order valence-corrected chi connectivity index (χ3v) is 4.85. The Balaban J connectivity index is 2.82. The molecule has 0 aliphatic carbocycles. The Morgan fingerprint density at radius 2 is 2.05 bits per heavy atom. The van der Waals surface area contributed by atoms with Crippen LogP contribution in [0.3, 0.4) is 0 Å². The fraction of sp³-hybridized carbons (Fsp3) is 0.571. The Morgan fingerprint density at radius 3 is 2.65 bits per heavy atom. The lowest BCUT2D eigenvalue weighted by Crippen LogP contribution is -2.31. The van der Waals surface area contributed by atoms with E-state index in [4.69, 9.17) is 10.5 Å². The lowest BCUT2D eigenvalue weighted by atomic mass is 10.2. The number of hydrogen-bond donors (Lipinski definition) is 1. The Kier molecular flexibility index (Phi) is 6.81. The fourth-order valence-corrected chi connectivity index (χ4v) is 2.64. The molecule has 0 aliphatic heterocycles. The van der Waals surface area contributed by atoms with Crippen LogP contribution in [-0.4, -0.2) is 46.7 Å². The Labute approximate surface area is 121 Å². The molecule has 0 saturated heterocycles. The lowest BCUT2D eigenvalue weighted by molar-refractivity contribution is 0.415. The molecule has 1 aromatic carbocycles. The summed E-state index contributed by atoms with van der Waals surface area (Å²) < 4.78 is 28.5. The van der Waals surface area contributed by atoms with Crippen molar-refractivity contribution in [2.45, 2.75) is 13.3 Å². The number of nitrogens with two attached hydrogens (primary N) is 1. The summed E-state index contributed by atoms with van der Waals surface area (Å²) in [4.78, 5) is 2.04. The zero-order valence-corrected chi connectivity index (χ0v) is 13.0. The first-order chi connectivity index (χ1) is 9.52. The van der Waals surface area contributed by atoms with Crippen LogP contribution in [-0.2, 0) is 9.84 Å². The molecule has 0 atom stereocenters. The second kappa shape index (κ2) is 8.11. The van der Waals surface area contributed by atoms with Gasteiger partial charge in [-0.15, -0.1) is 0 Å². The highest BCUT2D eigenvalue weighted by Crippen LogP contribution is 2.21. The van der Waals surface area contributed by atoms with Gasteiger partial charge in [0.25, 0.3) is 0 Å². The van der Waals surface area contributed by atoms with Crippen molar-refractivity contribution in [3.63, 3.8) is 0 Å². The first kappa shape index (κ1) is 16.8. The summed E-state index contributed by atoms with van der Waals surface area (Å²) in [6, 6.07) is 7.64. The fourth-order valence-electron chi connectivity index (χ4n) is 1.85. The maximum absolute atomic E-state index is 11.7. The van der Waals surface area contributed by atoms with Gasteiger partial charge < -0.3 is 15.4 Å². The molecule has 0 spiro atoms. The monoisotopic (exact) mass is 300 g/mol. The number of ether oxygens (including phenoxy) is 1. The van der Waals surface area contributed by atoms with E-state index in [9.17, 15) is 8.42 Å². The van der Waals surface area contributed by atoms with E-state index in [0.717, 1.165) is 24.4 Å². The van der Waals surface area contributed by atoms with Gasteiger partial charge in [0, 0.05) is 30.6 Å². The quantitative estimate of drug-likeness (QED) is 0.744. The normalized spacial score (nSPS) is 11.3. The molecule has 0 fully saturated rings. The van der Waals surface area contributed by atoms with Crippen molar-refractivity contribution < 1.29 is 13.2 Å². The molecule has 0 heterocycles. The maximum atomic E-state index is 11.7. The largest absolute Gasteiger partial charge is 0.497 e.